The molecule has 5 nitrogen and oxygen atoms in total. The molecule has 2 amide bonds. The average molecular weight is 249 g/mol. The second-order valence-electron chi connectivity index (χ2n) is 5.11. The Balaban J connectivity index is 2.32. The van der Waals surface area contributed by atoms with Gasteiger partial charge in [0.25, 0.3) is 0 Å². The van der Waals surface area contributed by atoms with Crippen LogP contribution in [0.15, 0.2) is 24.5 Å². The molecule has 0 fully saturated rings. The van der Waals surface area contributed by atoms with Crippen molar-refractivity contribution < 1.29 is 9.59 Å². The molecule has 1 rings (SSSR count). The molecular weight excluding hydrogens is 230 g/mol. The zero-order valence-electron chi connectivity index (χ0n) is 11.0. The van der Waals surface area contributed by atoms with E-state index in [2.05, 4.69) is 15.6 Å². The van der Waals surface area contributed by atoms with Crippen LogP contribution in [0.4, 0.5) is 0 Å². The number of hydrogen-bond acceptors (Lipinski definition) is 3. The maximum absolute atomic E-state index is 11.5. The molecule has 0 aliphatic carbocycles. The first-order valence-corrected chi connectivity index (χ1v) is 5.83. The highest BCUT2D eigenvalue weighted by Crippen LogP contribution is 1.99. The largest absolute Gasteiger partial charge is 0.352 e. The van der Waals surface area contributed by atoms with Crippen molar-refractivity contribution in [3.63, 3.8) is 0 Å². The van der Waals surface area contributed by atoms with Crippen LogP contribution in [-0.4, -0.2) is 22.3 Å². The van der Waals surface area contributed by atoms with Gasteiger partial charge in [0.2, 0.25) is 11.8 Å². The molecule has 0 aliphatic rings. The molecule has 0 saturated carbocycles. The summed E-state index contributed by atoms with van der Waals surface area (Å²) in [7, 11) is 0. The molecule has 0 aliphatic heterocycles. The molecule has 98 valence electrons. The van der Waals surface area contributed by atoms with Gasteiger partial charge in [-0.2, -0.15) is 0 Å². The number of amides is 2. The lowest BCUT2D eigenvalue weighted by atomic mass is 10.1. The number of carbonyl (C=O) groups excluding carboxylic acids is 2. The summed E-state index contributed by atoms with van der Waals surface area (Å²) in [5.41, 5.74) is 0.636. The smallest absolute Gasteiger partial charge is 0.229 e. The maximum atomic E-state index is 11.5. The Hall–Kier alpha value is -1.91. The molecule has 1 heterocycles. The van der Waals surface area contributed by atoms with E-state index in [1.165, 1.54) is 0 Å². The van der Waals surface area contributed by atoms with Crippen molar-refractivity contribution in [2.45, 2.75) is 39.3 Å². The summed E-state index contributed by atoms with van der Waals surface area (Å²) in [4.78, 5) is 26.9. The second kappa shape index (κ2) is 6.14. The predicted molar refractivity (Wildman–Crippen MR) is 68.6 cm³/mol. The Morgan fingerprint density at radius 3 is 2.33 bits per heavy atom. The summed E-state index contributed by atoms with van der Waals surface area (Å²) in [5, 5.41) is 5.43. The standard InChI is InChI=1S/C13H19N3O2/c1-13(2,3)16-12(18)8-11(17)15-9-10-4-6-14-7-5-10/h4-7H,8-9H2,1-3H3,(H,15,17)(H,16,18). The summed E-state index contributed by atoms with van der Waals surface area (Å²) in [6.45, 7) is 6.03. The lowest BCUT2D eigenvalue weighted by Gasteiger charge is -2.20. The fourth-order valence-electron chi connectivity index (χ4n) is 1.37. The Morgan fingerprint density at radius 2 is 1.78 bits per heavy atom. The van der Waals surface area contributed by atoms with Crippen LogP contribution in [0.3, 0.4) is 0 Å². The molecule has 0 aromatic carbocycles. The highest BCUT2D eigenvalue weighted by atomic mass is 16.2. The molecule has 0 radical (unpaired) electrons. The van der Waals surface area contributed by atoms with Gasteiger partial charge in [0.05, 0.1) is 0 Å². The number of aromatic nitrogens is 1. The third-order valence-corrected chi connectivity index (χ3v) is 2.07. The van der Waals surface area contributed by atoms with Crippen LogP contribution in [-0.2, 0) is 16.1 Å². The van der Waals surface area contributed by atoms with E-state index in [1.807, 2.05) is 32.9 Å². The van der Waals surface area contributed by atoms with E-state index in [-0.39, 0.29) is 23.8 Å². The van der Waals surface area contributed by atoms with E-state index in [4.69, 9.17) is 0 Å². The van der Waals surface area contributed by atoms with E-state index in [0.717, 1.165) is 5.56 Å². The summed E-state index contributed by atoms with van der Waals surface area (Å²) < 4.78 is 0. The van der Waals surface area contributed by atoms with Crippen molar-refractivity contribution in [3.8, 4) is 0 Å². The minimum absolute atomic E-state index is 0.150. The summed E-state index contributed by atoms with van der Waals surface area (Å²) in [5.74, 6) is -0.553. The monoisotopic (exact) mass is 249 g/mol. The average Bonchev–Trinajstić information content (AvgIpc) is 2.25. The summed E-state index contributed by atoms with van der Waals surface area (Å²) in [6, 6.07) is 3.63. The van der Waals surface area contributed by atoms with E-state index < -0.39 is 0 Å². The van der Waals surface area contributed by atoms with Crippen LogP contribution in [0.25, 0.3) is 0 Å². The molecule has 0 atom stereocenters. The van der Waals surface area contributed by atoms with Crippen LogP contribution in [0.1, 0.15) is 32.8 Å². The molecule has 2 N–H and O–H groups in total. The number of nitrogens with one attached hydrogen (secondary N) is 2. The van der Waals surface area contributed by atoms with E-state index >= 15 is 0 Å². The van der Waals surface area contributed by atoms with Crippen molar-refractivity contribution >= 4 is 11.8 Å². The van der Waals surface area contributed by atoms with Crippen molar-refractivity contribution in [2.24, 2.45) is 0 Å². The predicted octanol–water partition coefficient (Wildman–Crippen LogP) is 1.00. The van der Waals surface area contributed by atoms with Gasteiger partial charge in [-0.15, -0.1) is 0 Å². The first kappa shape index (κ1) is 14.2. The Bertz CT molecular complexity index is 410. The quantitative estimate of drug-likeness (QED) is 0.782. The topological polar surface area (TPSA) is 71.1 Å². The lowest BCUT2D eigenvalue weighted by molar-refractivity contribution is -0.130. The van der Waals surface area contributed by atoms with Crippen LogP contribution in [0.5, 0.6) is 0 Å². The SMILES string of the molecule is CC(C)(C)NC(=O)CC(=O)NCc1ccncc1. The zero-order chi connectivity index (χ0) is 13.6. The Kier molecular flexibility index (Phi) is 4.83. The number of hydrogen-bond donors (Lipinski definition) is 2. The first-order chi connectivity index (χ1) is 8.37. The van der Waals surface area contributed by atoms with E-state index in [1.54, 1.807) is 12.4 Å². The van der Waals surface area contributed by atoms with Crippen LogP contribution in [0, 0.1) is 0 Å². The normalized spacial score (nSPS) is 10.8. The maximum Gasteiger partial charge on any atom is 0.229 e. The van der Waals surface area contributed by atoms with Crippen LogP contribution >= 0.6 is 0 Å². The summed E-state index contributed by atoms with van der Waals surface area (Å²) >= 11 is 0. The van der Waals surface area contributed by atoms with Gasteiger partial charge in [-0.05, 0) is 38.5 Å². The molecule has 0 spiro atoms. The molecule has 1 aromatic heterocycles. The van der Waals surface area contributed by atoms with E-state index in [0.29, 0.717) is 6.54 Å². The molecule has 0 unspecified atom stereocenters. The van der Waals surface area contributed by atoms with Gasteiger partial charge in [0.1, 0.15) is 6.42 Å². The van der Waals surface area contributed by atoms with E-state index in [9.17, 15) is 9.59 Å². The van der Waals surface area contributed by atoms with Gasteiger partial charge in [-0.1, -0.05) is 0 Å². The van der Waals surface area contributed by atoms with Crippen molar-refractivity contribution in [1.82, 2.24) is 15.6 Å². The van der Waals surface area contributed by atoms with Gasteiger partial charge in [0.15, 0.2) is 0 Å². The minimum atomic E-state index is -0.317. The van der Waals surface area contributed by atoms with Crippen LogP contribution < -0.4 is 10.6 Å². The van der Waals surface area contributed by atoms with Crippen molar-refractivity contribution in [1.29, 1.82) is 0 Å². The van der Waals surface area contributed by atoms with Crippen LogP contribution in [0.2, 0.25) is 0 Å². The van der Waals surface area contributed by atoms with Gasteiger partial charge >= 0.3 is 0 Å². The van der Waals surface area contributed by atoms with Gasteiger partial charge < -0.3 is 10.6 Å². The summed E-state index contributed by atoms with van der Waals surface area (Å²) in [6.07, 6.45) is 3.17. The Labute approximate surface area is 107 Å². The third kappa shape index (κ3) is 5.98. The van der Waals surface area contributed by atoms with Gasteiger partial charge in [-0.3, -0.25) is 14.6 Å². The molecule has 5 heteroatoms. The number of nitrogens with zero attached hydrogens (tertiary/aromatic N) is 1. The second-order valence-corrected chi connectivity index (χ2v) is 5.11. The first-order valence-electron chi connectivity index (χ1n) is 5.83. The van der Waals surface area contributed by atoms with Crippen molar-refractivity contribution in [2.75, 3.05) is 0 Å². The molecule has 18 heavy (non-hydrogen) atoms. The third-order valence-electron chi connectivity index (χ3n) is 2.07. The lowest BCUT2D eigenvalue weighted by Crippen LogP contribution is -2.42. The van der Waals surface area contributed by atoms with Crippen molar-refractivity contribution in [3.05, 3.63) is 30.1 Å². The fraction of sp³-hybridized carbons (Fsp3) is 0.462. The fourth-order valence-corrected chi connectivity index (χ4v) is 1.37. The Morgan fingerprint density at radius 1 is 1.17 bits per heavy atom. The minimum Gasteiger partial charge on any atom is -0.352 e. The number of rotatable bonds is 4. The number of carbonyl (C=O) groups is 2. The number of pyridine rings is 1. The highest BCUT2D eigenvalue weighted by molar-refractivity contribution is 5.97. The molecular formula is C13H19N3O2. The zero-order valence-corrected chi connectivity index (χ0v) is 11.0. The molecule has 0 bridgehead atoms. The van der Waals surface area contributed by atoms with Gasteiger partial charge in [-0.25, -0.2) is 0 Å². The molecule has 1 aromatic rings. The van der Waals surface area contributed by atoms with Gasteiger partial charge in [0, 0.05) is 24.5 Å². The highest BCUT2D eigenvalue weighted by Gasteiger charge is 2.16. The molecule has 0 saturated heterocycles.